The second-order valence-electron chi connectivity index (χ2n) is 6.36. The average Bonchev–Trinajstić information content (AvgIpc) is 3.03. The van der Waals surface area contributed by atoms with Gasteiger partial charge in [0.1, 0.15) is 0 Å². The molecule has 0 amide bonds. The molecule has 3 heteroatoms. The smallest absolute Gasteiger partial charge is 0.0938 e. The zero-order valence-electron chi connectivity index (χ0n) is 12.4. The van der Waals surface area contributed by atoms with Crippen LogP contribution in [-0.4, -0.2) is 25.8 Å². The van der Waals surface area contributed by atoms with Gasteiger partial charge in [0.15, 0.2) is 0 Å². The van der Waals surface area contributed by atoms with E-state index in [4.69, 9.17) is 9.15 Å². The molecule has 0 spiro atoms. The van der Waals surface area contributed by atoms with Gasteiger partial charge in [-0.2, -0.15) is 0 Å². The number of ether oxygens (including phenoxy) is 1. The lowest BCUT2D eigenvalue weighted by molar-refractivity contribution is 0.0130. The van der Waals surface area contributed by atoms with Crippen LogP contribution in [0.5, 0.6) is 0 Å². The maximum atomic E-state index is 6.22. The second kappa shape index (κ2) is 7.28. The molecule has 1 saturated carbocycles. The largest absolute Gasteiger partial charge is 0.472 e. The van der Waals surface area contributed by atoms with Gasteiger partial charge in [0, 0.05) is 19.1 Å². The highest BCUT2D eigenvalue weighted by Gasteiger charge is 2.28. The van der Waals surface area contributed by atoms with Crippen LogP contribution in [0.1, 0.15) is 56.4 Å². The summed E-state index contributed by atoms with van der Waals surface area (Å²) in [4.78, 5) is 0. The molecule has 2 fully saturated rings. The fourth-order valence-electron chi connectivity index (χ4n) is 3.73. The first-order valence-electron chi connectivity index (χ1n) is 8.28. The zero-order chi connectivity index (χ0) is 13.6. The van der Waals surface area contributed by atoms with Crippen molar-refractivity contribution in [2.75, 3.05) is 19.7 Å². The van der Waals surface area contributed by atoms with Crippen LogP contribution in [0.3, 0.4) is 0 Å². The fraction of sp³-hybridized carbons (Fsp3) is 0.765. The van der Waals surface area contributed by atoms with Gasteiger partial charge in [0.2, 0.25) is 0 Å². The minimum absolute atomic E-state index is 0.310. The van der Waals surface area contributed by atoms with Crippen LogP contribution >= 0.6 is 0 Å². The van der Waals surface area contributed by atoms with Crippen LogP contribution in [0.25, 0.3) is 0 Å². The summed E-state index contributed by atoms with van der Waals surface area (Å²) in [7, 11) is 0. The van der Waals surface area contributed by atoms with Gasteiger partial charge in [0.05, 0.1) is 18.6 Å². The van der Waals surface area contributed by atoms with Gasteiger partial charge in [-0.15, -0.1) is 0 Å². The standard InChI is InChI=1S/C17H27NO2/c1-2-4-14(5-3-1)7-11-20-17-12-18-9-6-16(17)15-8-10-19-13-15/h8,10,13-14,16-18H,1-7,9,11-12H2. The van der Waals surface area contributed by atoms with Crippen molar-refractivity contribution in [3.63, 3.8) is 0 Å². The maximum Gasteiger partial charge on any atom is 0.0938 e. The lowest BCUT2D eigenvalue weighted by atomic mass is 9.87. The Morgan fingerprint density at radius 1 is 1.20 bits per heavy atom. The highest BCUT2D eigenvalue weighted by molar-refractivity contribution is 5.15. The van der Waals surface area contributed by atoms with E-state index in [-0.39, 0.29) is 0 Å². The highest BCUT2D eigenvalue weighted by Crippen LogP contribution is 2.30. The van der Waals surface area contributed by atoms with Gasteiger partial charge in [-0.3, -0.25) is 0 Å². The van der Waals surface area contributed by atoms with E-state index in [0.717, 1.165) is 32.0 Å². The molecule has 0 radical (unpaired) electrons. The third kappa shape index (κ3) is 3.64. The number of nitrogens with one attached hydrogen (secondary N) is 1. The quantitative estimate of drug-likeness (QED) is 0.891. The van der Waals surface area contributed by atoms with Gasteiger partial charge >= 0.3 is 0 Å². The molecule has 2 heterocycles. The summed E-state index contributed by atoms with van der Waals surface area (Å²) < 4.78 is 11.5. The molecular weight excluding hydrogens is 250 g/mol. The first kappa shape index (κ1) is 14.2. The number of furan rings is 1. The van der Waals surface area contributed by atoms with Crippen molar-refractivity contribution >= 4 is 0 Å². The molecule has 1 aromatic rings. The van der Waals surface area contributed by atoms with E-state index in [0.29, 0.717) is 12.0 Å². The molecule has 1 aliphatic carbocycles. The minimum Gasteiger partial charge on any atom is -0.472 e. The molecule has 1 saturated heterocycles. The van der Waals surface area contributed by atoms with Gasteiger partial charge in [-0.1, -0.05) is 32.1 Å². The van der Waals surface area contributed by atoms with Crippen LogP contribution in [0, 0.1) is 5.92 Å². The molecule has 2 unspecified atom stereocenters. The minimum atomic E-state index is 0.310. The summed E-state index contributed by atoms with van der Waals surface area (Å²) >= 11 is 0. The zero-order valence-corrected chi connectivity index (χ0v) is 12.4. The normalized spacial score (nSPS) is 28.6. The summed E-state index contributed by atoms with van der Waals surface area (Å²) in [5, 5.41) is 3.46. The predicted molar refractivity (Wildman–Crippen MR) is 79.9 cm³/mol. The molecule has 0 bridgehead atoms. The van der Waals surface area contributed by atoms with Crippen molar-refractivity contribution < 1.29 is 9.15 Å². The van der Waals surface area contributed by atoms with E-state index < -0.39 is 0 Å². The third-order valence-corrected chi connectivity index (χ3v) is 4.98. The monoisotopic (exact) mass is 277 g/mol. The number of hydrogen-bond donors (Lipinski definition) is 1. The Kier molecular flexibility index (Phi) is 5.15. The van der Waals surface area contributed by atoms with Crippen LogP contribution < -0.4 is 5.32 Å². The Hall–Kier alpha value is -0.800. The van der Waals surface area contributed by atoms with Crippen molar-refractivity contribution in [2.45, 2.75) is 57.0 Å². The summed E-state index contributed by atoms with van der Waals surface area (Å²) in [5.74, 6) is 1.41. The molecule has 1 N–H and O–H groups in total. The summed E-state index contributed by atoms with van der Waals surface area (Å²) in [5.41, 5.74) is 1.30. The van der Waals surface area contributed by atoms with Crippen LogP contribution in [0.15, 0.2) is 23.0 Å². The Morgan fingerprint density at radius 2 is 2.10 bits per heavy atom. The number of hydrogen-bond acceptors (Lipinski definition) is 3. The molecule has 0 aromatic carbocycles. The Balaban J connectivity index is 1.47. The van der Waals surface area contributed by atoms with Crippen LogP contribution in [-0.2, 0) is 4.74 Å². The van der Waals surface area contributed by atoms with Gasteiger partial charge in [0.25, 0.3) is 0 Å². The predicted octanol–water partition coefficient (Wildman–Crippen LogP) is 3.71. The number of rotatable bonds is 5. The van der Waals surface area contributed by atoms with Crippen molar-refractivity contribution in [1.29, 1.82) is 0 Å². The van der Waals surface area contributed by atoms with Crippen LogP contribution in [0.2, 0.25) is 0 Å². The molecular formula is C17H27NO2. The topological polar surface area (TPSA) is 34.4 Å². The van der Waals surface area contributed by atoms with Gasteiger partial charge in [-0.25, -0.2) is 0 Å². The van der Waals surface area contributed by atoms with E-state index in [1.165, 1.54) is 44.1 Å². The summed E-state index contributed by atoms with van der Waals surface area (Å²) in [6.45, 7) is 2.98. The molecule has 3 nitrogen and oxygen atoms in total. The number of piperidine rings is 1. The molecule has 20 heavy (non-hydrogen) atoms. The molecule has 2 aliphatic rings. The van der Waals surface area contributed by atoms with Crippen molar-refractivity contribution in [2.24, 2.45) is 5.92 Å². The first-order valence-corrected chi connectivity index (χ1v) is 8.28. The molecule has 3 rings (SSSR count). The SMILES string of the molecule is c1cc(C2CCNCC2OCCC2CCCCC2)co1. The van der Waals surface area contributed by atoms with Crippen molar-refractivity contribution in [3.05, 3.63) is 24.2 Å². The highest BCUT2D eigenvalue weighted by atomic mass is 16.5. The second-order valence-corrected chi connectivity index (χ2v) is 6.36. The lowest BCUT2D eigenvalue weighted by Crippen LogP contribution is -2.41. The molecule has 1 aromatic heterocycles. The molecule has 112 valence electrons. The van der Waals surface area contributed by atoms with E-state index in [1.807, 2.05) is 6.26 Å². The lowest BCUT2D eigenvalue weighted by Gasteiger charge is -2.32. The Bertz CT molecular complexity index is 370. The summed E-state index contributed by atoms with van der Waals surface area (Å²) in [6, 6.07) is 2.09. The molecule has 2 atom stereocenters. The Morgan fingerprint density at radius 3 is 2.90 bits per heavy atom. The van der Waals surface area contributed by atoms with Crippen molar-refractivity contribution in [1.82, 2.24) is 5.32 Å². The van der Waals surface area contributed by atoms with E-state index in [9.17, 15) is 0 Å². The summed E-state index contributed by atoms with van der Waals surface area (Å²) in [6.07, 6.45) is 13.5. The van der Waals surface area contributed by atoms with Crippen molar-refractivity contribution in [3.8, 4) is 0 Å². The van der Waals surface area contributed by atoms with Crippen LogP contribution in [0.4, 0.5) is 0 Å². The van der Waals surface area contributed by atoms with E-state index >= 15 is 0 Å². The average molecular weight is 277 g/mol. The van der Waals surface area contributed by atoms with E-state index in [2.05, 4.69) is 11.4 Å². The van der Waals surface area contributed by atoms with Gasteiger partial charge < -0.3 is 14.5 Å². The van der Waals surface area contributed by atoms with E-state index in [1.54, 1.807) is 6.26 Å². The maximum absolute atomic E-state index is 6.22. The third-order valence-electron chi connectivity index (χ3n) is 4.98. The first-order chi connectivity index (χ1) is 9.93. The van der Waals surface area contributed by atoms with Gasteiger partial charge in [-0.05, 0) is 36.9 Å². The fourth-order valence-corrected chi connectivity index (χ4v) is 3.73. The Labute approximate surface area is 122 Å². The molecule has 1 aliphatic heterocycles.